The summed E-state index contributed by atoms with van der Waals surface area (Å²) in [5.74, 6) is -6.00. The number of nitrogens with one attached hydrogen (secondary N) is 1. The molecule has 162 valence electrons. The van der Waals surface area contributed by atoms with E-state index in [-0.39, 0.29) is 28.8 Å². The van der Waals surface area contributed by atoms with Crippen molar-refractivity contribution in [2.24, 2.45) is 5.92 Å². The summed E-state index contributed by atoms with van der Waals surface area (Å²) in [6.45, 7) is -0.00352. The largest absolute Gasteiger partial charge is 0.495 e. The summed E-state index contributed by atoms with van der Waals surface area (Å²) in [4.78, 5) is 12.4. The van der Waals surface area contributed by atoms with Gasteiger partial charge in [-0.3, -0.25) is 4.79 Å². The van der Waals surface area contributed by atoms with Crippen LogP contribution < -0.4 is 10.1 Å². The Labute approximate surface area is 176 Å². The van der Waals surface area contributed by atoms with E-state index in [4.69, 9.17) is 16.3 Å². The van der Waals surface area contributed by atoms with Crippen LogP contribution in [0.25, 0.3) is 0 Å². The molecule has 1 saturated heterocycles. The molecule has 6 nitrogen and oxygen atoms in total. The van der Waals surface area contributed by atoms with E-state index in [0.717, 1.165) is 10.4 Å². The molecule has 11 heteroatoms. The van der Waals surface area contributed by atoms with Crippen LogP contribution in [-0.2, 0) is 14.8 Å². The van der Waals surface area contributed by atoms with Gasteiger partial charge >= 0.3 is 0 Å². The number of halogens is 4. The van der Waals surface area contributed by atoms with E-state index in [1.807, 2.05) is 0 Å². The molecular weight excluding hydrogens is 445 g/mol. The maximum absolute atomic E-state index is 13.8. The third-order valence-corrected chi connectivity index (χ3v) is 6.91. The normalized spacial score (nSPS) is 17.6. The smallest absolute Gasteiger partial charge is 0.246 e. The lowest BCUT2D eigenvalue weighted by Crippen LogP contribution is -2.43. The van der Waals surface area contributed by atoms with Crippen molar-refractivity contribution in [1.82, 2.24) is 4.31 Å². The van der Waals surface area contributed by atoms with Crippen LogP contribution in [0, 0.1) is 23.4 Å². The summed E-state index contributed by atoms with van der Waals surface area (Å²) >= 11 is 5.93. The SMILES string of the molecule is COc1ccc(Cl)cc1S(=O)(=O)N1CCC[C@H](C(=O)Nc2ccc(F)c(F)c2F)C1. The van der Waals surface area contributed by atoms with Crippen molar-refractivity contribution < 1.29 is 31.1 Å². The highest BCUT2D eigenvalue weighted by Crippen LogP contribution is 2.32. The highest BCUT2D eigenvalue weighted by atomic mass is 35.5. The predicted molar refractivity (Wildman–Crippen MR) is 104 cm³/mol. The number of amides is 1. The first kappa shape index (κ1) is 22.4. The molecule has 1 aliphatic rings. The minimum atomic E-state index is -4.03. The number of ether oxygens (including phenoxy) is 1. The molecule has 1 heterocycles. The number of hydrogen-bond donors (Lipinski definition) is 1. The third kappa shape index (κ3) is 4.40. The predicted octanol–water partition coefficient (Wildman–Crippen LogP) is 3.81. The van der Waals surface area contributed by atoms with Crippen LogP contribution in [0.1, 0.15) is 12.8 Å². The summed E-state index contributed by atoms with van der Waals surface area (Å²) in [5, 5.41) is 2.41. The van der Waals surface area contributed by atoms with Gasteiger partial charge < -0.3 is 10.1 Å². The summed E-state index contributed by atoms with van der Waals surface area (Å²) < 4.78 is 72.7. The third-order valence-electron chi connectivity index (χ3n) is 4.79. The molecule has 0 aliphatic carbocycles. The molecule has 2 aromatic carbocycles. The molecule has 0 radical (unpaired) electrons. The molecule has 0 unspecified atom stereocenters. The van der Waals surface area contributed by atoms with Gasteiger partial charge in [-0.2, -0.15) is 4.31 Å². The van der Waals surface area contributed by atoms with Crippen molar-refractivity contribution in [3.8, 4) is 5.75 Å². The van der Waals surface area contributed by atoms with Crippen molar-refractivity contribution in [3.63, 3.8) is 0 Å². The fraction of sp³-hybridized carbons (Fsp3) is 0.316. The van der Waals surface area contributed by atoms with Gasteiger partial charge in [-0.05, 0) is 43.2 Å². The Morgan fingerprint density at radius 3 is 2.63 bits per heavy atom. The van der Waals surface area contributed by atoms with Crippen molar-refractivity contribution in [2.45, 2.75) is 17.7 Å². The quantitative estimate of drug-likeness (QED) is 0.686. The fourth-order valence-corrected chi connectivity index (χ4v) is 5.17. The van der Waals surface area contributed by atoms with Gasteiger partial charge in [-0.1, -0.05) is 11.6 Å². The fourth-order valence-electron chi connectivity index (χ4n) is 3.22. The van der Waals surface area contributed by atoms with Gasteiger partial charge in [0.25, 0.3) is 0 Å². The zero-order chi connectivity index (χ0) is 22.1. The number of anilines is 1. The Balaban J connectivity index is 1.81. The van der Waals surface area contributed by atoms with Gasteiger partial charge in [0.1, 0.15) is 10.6 Å². The number of carbonyl (C=O) groups is 1. The molecule has 3 rings (SSSR count). The second-order valence-corrected chi connectivity index (χ2v) is 9.05. The first-order valence-corrected chi connectivity index (χ1v) is 10.7. The van der Waals surface area contributed by atoms with E-state index in [9.17, 15) is 26.4 Å². The van der Waals surface area contributed by atoms with Crippen LogP contribution in [0.15, 0.2) is 35.2 Å². The van der Waals surface area contributed by atoms with E-state index in [2.05, 4.69) is 5.32 Å². The monoisotopic (exact) mass is 462 g/mol. The Bertz CT molecular complexity index is 1080. The molecule has 0 aromatic heterocycles. The number of carbonyl (C=O) groups excluding carboxylic acids is 1. The van der Waals surface area contributed by atoms with Gasteiger partial charge in [0.05, 0.1) is 18.7 Å². The molecule has 0 spiro atoms. The molecule has 0 saturated carbocycles. The van der Waals surface area contributed by atoms with Gasteiger partial charge in [-0.25, -0.2) is 21.6 Å². The molecule has 2 aromatic rings. The number of rotatable bonds is 5. The van der Waals surface area contributed by atoms with E-state index < -0.39 is 45.0 Å². The standard InChI is InChI=1S/C19H18ClF3N2O4S/c1-29-15-7-4-12(20)9-16(15)30(27,28)25-8-2-3-11(10-25)19(26)24-14-6-5-13(21)17(22)18(14)23/h4-7,9,11H,2-3,8,10H2,1H3,(H,24,26)/t11-/m0/s1. The maximum atomic E-state index is 13.8. The number of sulfonamides is 1. The summed E-state index contributed by atoms with van der Waals surface area (Å²) in [7, 11) is -2.70. The lowest BCUT2D eigenvalue weighted by molar-refractivity contribution is -0.120. The second kappa shape index (κ2) is 8.83. The Morgan fingerprint density at radius 2 is 1.93 bits per heavy atom. The Kier molecular flexibility index (Phi) is 6.59. The minimum Gasteiger partial charge on any atom is -0.495 e. The molecule has 1 amide bonds. The molecule has 1 N–H and O–H groups in total. The number of piperidine rings is 1. The first-order valence-electron chi connectivity index (χ1n) is 8.93. The van der Waals surface area contributed by atoms with Crippen molar-refractivity contribution in [2.75, 3.05) is 25.5 Å². The average Bonchev–Trinajstić information content (AvgIpc) is 2.74. The second-order valence-electron chi connectivity index (χ2n) is 6.71. The van der Waals surface area contributed by atoms with Gasteiger partial charge in [0, 0.05) is 18.1 Å². The molecule has 1 atom stereocenters. The van der Waals surface area contributed by atoms with Crippen LogP contribution in [0.4, 0.5) is 18.9 Å². The van der Waals surface area contributed by atoms with Crippen LogP contribution in [0.3, 0.4) is 0 Å². The van der Waals surface area contributed by atoms with Gasteiger partial charge in [0.15, 0.2) is 17.5 Å². The lowest BCUT2D eigenvalue weighted by Gasteiger charge is -2.31. The van der Waals surface area contributed by atoms with Crippen molar-refractivity contribution in [3.05, 3.63) is 52.8 Å². The van der Waals surface area contributed by atoms with Gasteiger partial charge in [0.2, 0.25) is 15.9 Å². The maximum Gasteiger partial charge on any atom is 0.246 e. The molecule has 1 aliphatic heterocycles. The molecular formula is C19H18ClF3N2O4S. The minimum absolute atomic E-state index is 0.106. The zero-order valence-electron chi connectivity index (χ0n) is 15.8. The van der Waals surface area contributed by atoms with Crippen LogP contribution in [0.5, 0.6) is 5.75 Å². The van der Waals surface area contributed by atoms with E-state index in [1.165, 1.54) is 25.3 Å². The van der Waals surface area contributed by atoms with Gasteiger partial charge in [-0.15, -0.1) is 0 Å². The van der Waals surface area contributed by atoms with E-state index >= 15 is 0 Å². The highest BCUT2D eigenvalue weighted by molar-refractivity contribution is 7.89. The first-order chi connectivity index (χ1) is 14.1. The lowest BCUT2D eigenvalue weighted by atomic mass is 9.98. The Morgan fingerprint density at radius 1 is 1.20 bits per heavy atom. The highest BCUT2D eigenvalue weighted by Gasteiger charge is 2.35. The number of nitrogens with zero attached hydrogens (tertiary/aromatic N) is 1. The number of benzene rings is 2. The van der Waals surface area contributed by atoms with Crippen molar-refractivity contribution >= 4 is 33.2 Å². The topological polar surface area (TPSA) is 75.7 Å². The molecule has 1 fully saturated rings. The van der Waals surface area contributed by atoms with Crippen molar-refractivity contribution in [1.29, 1.82) is 0 Å². The van der Waals surface area contributed by atoms with E-state index in [0.29, 0.717) is 18.9 Å². The van der Waals surface area contributed by atoms with Crippen LogP contribution in [0.2, 0.25) is 5.02 Å². The summed E-state index contributed by atoms with van der Waals surface area (Å²) in [5.41, 5.74) is -0.518. The number of hydrogen-bond acceptors (Lipinski definition) is 4. The van der Waals surface area contributed by atoms with Crippen LogP contribution in [-0.4, -0.2) is 38.8 Å². The number of methoxy groups -OCH3 is 1. The summed E-state index contributed by atoms with van der Waals surface area (Å²) in [6.07, 6.45) is 0.719. The average molecular weight is 463 g/mol. The summed E-state index contributed by atoms with van der Waals surface area (Å²) in [6, 6.07) is 5.77. The van der Waals surface area contributed by atoms with E-state index in [1.54, 1.807) is 0 Å². The Hall–Kier alpha value is -2.30. The molecule has 0 bridgehead atoms. The zero-order valence-corrected chi connectivity index (χ0v) is 17.4. The molecule has 30 heavy (non-hydrogen) atoms. The van der Waals surface area contributed by atoms with Crippen LogP contribution >= 0.6 is 11.6 Å².